The van der Waals surface area contributed by atoms with Crippen LogP contribution >= 0.6 is 15.9 Å². The third-order valence-corrected chi connectivity index (χ3v) is 3.63. The van der Waals surface area contributed by atoms with Gasteiger partial charge in [0.15, 0.2) is 0 Å². The molecule has 0 unspecified atom stereocenters. The summed E-state index contributed by atoms with van der Waals surface area (Å²) in [6, 6.07) is 12.6. The van der Waals surface area contributed by atoms with Crippen LogP contribution in [0.15, 0.2) is 53.0 Å². The quantitative estimate of drug-likeness (QED) is 0.904. The van der Waals surface area contributed by atoms with Crippen LogP contribution in [0.5, 0.6) is 0 Å². The largest absolute Gasteiger partial charge is 0.332 e. The normalized spacial score (nSPS) is 10.1. The Kier molecular flexibility index (Phi) is 5.27. The lowest BCUT2D eigenvalue weighted by molar-refractivity contribution is -0.116. The topological polar surface area (TPSA) is 49.4 Å². The molecule has 0 radical (unpaired) electrons. The van der Waals surface area contributed by atoms with E-state index < -0.39 is 11.7 Å². The number of hydrogen-bond donors (Lipinski definition) is 1. The summed E-state index contributed by atoms with van der Waals surface area (Å²) in [4.78, 5) is 25.5. The molecule has 0 bridgehead atoms. The van der Waals surface area contributed by atoms with Crippen molar-refractivity contribution in [3.8, 4) is 0 Å². The predicted octanol–water partition coefficient (Wildman–Crippen LogP) is 3.30. The third-order valence-electron chi connectivity index (χ3n) is 2.94. The van der Waals surface area contributed by atoms with Gasteiger partial charge in [0.05, 0.1) is 12.1 Å². The number of rotatable bonds is 4. The molecule has 2 aromatic rings. The van der Waals surface area contributed by atoms with E-state index in [9.17, 15) is 14.0 Å². The Morgan fingerprint density at radius 1 is 1.18 bits per heavy atom. The lowest BCUT2D eigenvalue weighted by Crippen LogP contribution is -2.35. The zero-order valence-corrected chi connectivity index (χ0v) is 13.4. The summed E-state index contributed by atoms with van der Waals surface area (Å²) in [6.07, 6.45) is 0. The highest BCUT2D eigenvalue weighted by atomic mass is 79.9. The molecule has 0 aliphatic heterocycles. The van der Waals surface area contributed by atoms with Gasteiger partial charge in [0, 0.05) is 17.2 Å². The summed E-state index contributed by atoms with van der Waals surface area (Å²) in [5, 5.41) is 2.55. The average molecular weight is 365 g/mol. The van der Waals surface area contributed by atoms with Crippen molar-refractivity contribution in [2.24, 2.45) is 0 Å². The Morgan fingerprint density at radius 3 is 2.59 bits per heavy atom. The van der Waals surface area contributed by atoms with E-state index >= 15 is 0 Å². The van der Waals surface area contributed by atoms with Crippen LogP contribution in [0.2, 0.25) is 0 Å². The Balaban J connectivity index is 1.99. The van der Waals surface area contributed by atoms with Crippen molar-refractivity contribution in [1.82, 2.24) is 4.90 Å². The number of carbonyl (C=O) groups excluding carboxylic acids is 2. The van der Waals surface area contributed by atoms with Gasteiger partial charge < -0.3 is 10.2 Å². The van der Waals surface area contributed by atoms with Crippen molar-refractivity contribution < 1.29 is 14.0 Å². The smallest absolute Gasteiger partial charge is 0.255 e. The van der Waals surface area contributed by atoms with E-state index in [2.05, 4.69) is 21.2 Å². The van der Waals surface area contributed by atoms with Crippen LogP contribution < -0.4 is 5.32 Å². The van der Waals surface area contributed by atoms with Gasteiger partial charge in [-0.15, -0.1) is 0 Å². The molecule has 114 valence electrons. The van der Waals surface area contributed by atoms with Crippen molar-refractivity contribution >= 4 is 33.4 Å². The number of carbonyl (C=O) groups is 2. The maximum Gasteiger partial charge on any atom is 0.255 e. The van der Waals surface area contributed by atoms with Crippen LogP contribution in [0.1, 0.15) is 10.4 Å². The summed E-state index contributed by atoms with van der Waals surface area (Å²) in [5.74, 6) is -1.11. The summed E-state index contributed by atoms with van der Waals surface area (Å²) in [7, 11) is 1.53. The standard InChI is InChI=1S/C16H14BrFN2O2/c1-20(16(22)13-7-2-3-8-14(13)17)10-15(21)19-12-6-4-5-11(18)9-12/h2-9H,10H2,1H3,(H,19,21). The minimum atomic E-state index is -0.435. The van der Waals surface area contributed by atoms with E-state index in [1.807, 2.05) is 0 Å². The molecule has 6 heteroatoms. The molecule has 0 fully saturated rings. The Morgan fingerprint density at radius 2 is 1.91 bits per heavy atom. The van der Waals surface area contributed by atoms with Gasteiger partial charge in [-0.1, -0.05) is 18.2 Å². The molecule has 22 heavy (non-hydrogen) atoms. The molecular weight excluding hydrogens is 351 g/mol. The number of halogens is 2. The number of hydrogen-bond acceptors (Lipinski definition) is 2. The van der Waals surface area contributed by atoms with E-state index in [0.29, 0.717) is 15.7 Å². The first-order valence-electron chi connectivity index (χ1n) is 6.53. The Labute approximate surface area is 136 Å². The molecule has 0 heterocycles. The number of nitrogens with one attached hydrogen (secondary N) is 1. The van der Waals surface area contributed by atoms with Crippen LogP contribution in [0.3, 0.4) is 0 Å². The molecule has 2 aromatic carbocycles. The summed E-state index contributed by atoms with van der Waals surface area (Å²) >= 11 is 3.30. The van der Waals surface area contributed by atoms with E-state index in [0.717, 1.165) is 0 Å². The highest BCUT2D eigenvalue weighted by Crippen LogP contribution is 2.17. The zero-order chi connectivity index (χ0) is 16.1. The Hall–Kier alpha value is -2.21. The van der Waals surface area contributed by atoms with Gasteiger partial charge in [-0.3, -0.25) is 9.59 Å². The van der Waals surface area contributed by atoms with E-state index in [4.69, 9.17) is 0 Å². The van der Waals surface area contributed by atoms with E-state index in [1.54, 1.807) is 30.3 Å². The predicted molar refractivity (Wildman–Crippen MR) is 86.1 cm³/mol. The maximum absolute atomic E-state index is 13.1. The second-order valence-corrected chi connectivity index (χ2v) is 5.55. The molecule has 2 amide bonds. The fourth-order valence-electron chi connectivity index (χ4n) is 1.89. The van der Waals surface area contributed by atoms with Gasteiger partial charge >= 0.3 is 0 Å². The SMILES string of the molecule is CN(CC(=O)Nc1cccc(F)c1)C(=O)c1ccccc1Br. The first-order chi connectivity index (χ1) is 10.5. The first-order valence-corrected chi connectivity index (χ1v) is 7.32. The summed E-state index contributed by atoms with van der Waals surface area (Å²) in [6.45, 7) is -0.128. The van der Waals surface area contributed by atoms with Crippen LogP contribution in [0.25, 0.3) is 0 Å². The number of benzene rings is 2. The molecule has 0 aliphatic carbocycles. The monoisotopic (exact) mass is 364 g/mol. The lowest BCUT2D eigenvalue weighted by Gasteiger charge is -2.17. The first kappa shape index (κ1) is 16.2. The van der Waals surface area contributed by atoms with E-state index in [1.165, 1.54) is 30.1 Å². The van der Waals surface area contributed by atoms with Gasteiger partial charge in [-0.05, 0) is 46.3 Å². The molecule has 1 N–H and O–H groups in total. The van der Waals surface area contributed by atoms with Gasteiger partial charge in [0.25, 0.3) is 5.91 Å². The van der Waals surface area contributed by atoms with Gasteiger partial charge in [-0.25, -0.2) is 4.39 Å². The van der Waals surface area contributed by atoms with Crippen molar-refractivity contribution in [2.75, 3.05) is 18.9 Å². The fraction of sp³-hybridized carbons (Fsp3) is 0.125. The van der Waals surface area contributed by atoms with Crippen molar-refractivity contribution in [3.05, 3.63) is 64.4 Å². The van der Waals surface area contributed by atoms with Crippen molar-refractivity contribution in [3.63, 3.8) is 0 Å². The van der Waals surface area contributed by atoms with Crippen LogP contribution in [0, 0.1) is 5.82 Å². The zero-order valence-electron chi connectivity index (χ0n) is 11.8. The van der Waals surface area contributed by atoms with Gasteiger partial charge in [0.2, 0.25) is 5.91 Å². The van der Waals surface area contributed by atoms with E-state index in [-0.39, 0.29) is 12.5 Å². The molecule has 0 aromatic heterocycles. The second-order valence-electron chi connectivity index (χ2n) is 4.70. The molecule has 0 aliphatic rings. The molecule has 0 saturated heterocycles. The highest BCUT2D eigenvalue weighted by Gasteiger charge is 2.17. The fourth-order valence-corrected chi connectivity index (χ4v) is 2.35. The van der Waals surface area contributed by atoms with Crippen LogP contribution in [-0.4, -0.2) is 30.3 Å². The minimum Gasteiger partial charge on any atom is -0.332 e. The minimum absolute atomic E-state index is 0.128. The highest BCUT2D eigenvalue weighted by molar-refractivity contribution is 9.10. The lowest BCUT2D eigenvalue weighted by atomic mass is 10.2. The maximum atomic E-state index is 13.1. The molecule has 0 atom stereocenters. The van der Waals surface area contributed by atoms with Gasteiger partial charge in [0.1, 0.15) is 5.82 Å². The number of amides is 2. The number of nitrogens with zero attached hydrogens (tertiary/aromatic N) is 1. The molecule has 0 spiro atoms. The second kappa shape index (κ2) is 7.17. The molecule has 2 rings (SSSR count). The van der Waals surface area contributed by atoms with Crippen LogP contribution in [-0.2, 0) is 4.79 Å². The van der Waals surface area contributed by atoms with Crippen molar-refractivity contribution in [1.29, 1.82) is 0 Å². The summed E-state index contributed by atoms with van der Waals surface area (Å²) in [5.41, 5.74) is 0.829. The molecular formula is C16H14BrFN2O2. The number of likely N-dealkylation sites (N-methyl/N-ethyl adjacent to an activating group) is 1. The summed E-state index contributed by atoms with van der Waals surface area (Å²) < 4.78 is 13.7. The molecule has 4 nitrogen and oxygen atoms in total. The molecule has 0 saturated carbocycles. The van der Waals surface area contributed by atoms with Gasteiger partial charge in [-0.2, -0.15) is 0 Å². The van der Waals surface area contributed by atoms with Crippen LogP contribution in [0.4, 0.5) is 10.1 Å². The average Bonchev–Trinajstić information content (AvgIpc) is 2.46. The third kappa shape index (κ3) is 4.14. The number of anilines is 1. The van der Waals surface area contributed by atoms with Crippen molar-refractivity contribution in [2.45, 2.75) is 0 Å². The Bertz CT molecular complexity index is 706.